The Bertz CT molecular complexity index is 522. The summed E-state index contributed by atoms with van der Waals surface area (Å²) < 4.78 is 0. The van der Waals surface area contributed by atoms with Crippen molar-refractivity contribution in [3.8, 4) is 10.4 Å². The molecule has 0 aromatic carbocycles. The molecule has 2 aromatic rings. The Morgan fingerprint density at radius 3 is 3.00 bits per heavy atom. The van der Waals surface area contributed by atoms with Gasteiger partial charge in [-0.15, -0.1) is 0 Å². The molecule has 1 N–H and O–H groups in total. The highest BCUT2D eigenvalue weighted by Crippen LogP contribution is 2.31. The lowest BCUT2D eigenvalue weighted by Gasteiger charge is -1.96. The molecule has 0 aliphatic carbocycles. The molecule has 17 heavy (non-hydrogen) atoms. The fourth-order valence-electron chi connectivity index (χ4n) is 1.42. The van der Waals surface area contributed by atoms with Gasteiger partial charge in [0, 0.05) is 24.4 Å². The molecule has 5 heteroatoms. The van der Waals surface area contributed by atoms with Gasteiger partial charge in [0.05, 0.1) is 10.6 Å². The normalized spacial score (nSPS) is 10.2. The molecular formula is C12H13N3OS. The molecule has 0 radical (unpaired) electrons. The summed E-state index contributed by atoms with van der Waals surface area (Å²) in [6, 6.07) is 3.87. The smallest absolute Gasteiger partial charge is 0.225 e. The Morgan fingerprint density at radius 2 is 2.35 bits per heavy atom. The van der Waals surface area contributed by atoms with Gasteiger partial charge in [-0.2, -0.15) is 0 Å². The fourth-order valence-corrected chi connectivity index (χ4v) is 2.40. The van der Waals surface area contributed by atoms with Crippen LogP contribution in [0.15, 0.2) is 24.5 Å². The third-order valence-corrected chi connectivity index (χ3v) is 3.41. The lowest BCUT2D eigenvalue weighted by molar-refractivity contribution is -0.115. The van der Waals surface area contributed by atoms with Crippen LogP contribution in [0.3, 0.4) is 0 Å². The van der Waals surface area contributed by atoms with E-state index in [2.05, 4.69) is 15.3 Å². The van der Waals surface area contributed by atoms with Crippen LogP contribution in [0.4, 0.5) is 5.13 Å². The number of rotatable bonds is 3. The Kier molecular flexibility index (Phi) is 3.49. The van der Waals surface area contributed by atoms with Gasteiger partial charge in [0.2, 0.25) is 5.91 Å². The number of thiazole rings is 1. The SMILES string of the molecule is CCC(=O)Nc1nc(C)c(-c2cccnc2)s1. The van der Waals surface area contributed by atoms with Gasteiger partial charge in [0.15, 0.2) is 5.13 Å². The number of pyridine rings is 1. The van der Waals surface area contributed by atoms with Crippen molar-refractivity contribution >= 4 is 22.4 Å². The van der Waals surface area contributed by atoms with E-state index < -0.39 is 0 Å². The van der Waals surface area contributed by atoms with E-state index in [1.54, 1.807) is 12.4 Å². The van der Waals surface area contributed by atoms with Gasteiger partial charge in [0.1, 0.15) is 0 Å². The Morgan fingerprint density at radius 1 is 1.53 bits per heavy atom. The molecule has 1 amide bonds. The fraction of sp³-hybridized carbons (Fsp3) is 0.250. The first-order chi connectivity index (χ1) is 8.20. The number of aromatic nitrogens is 2. The van der Waals surface area contributed by atoms with Crippen LogP contribution < -0.4 is 5.32 Å². The highest BCUT2D eigenvalue weighted by Gasteiger charge is 2.10. The molecular weight excluding hydrogens is 234 g/mol. The summed E-state index contributed by atoms with van der Waals surface area (Å²) in [6.45, 7) is 3.75. The van der Waals surface area contributed by atoms with Crippen molar-refractivity contribution in [3.05, 3.63) is 30.2 Å². The summed E-state index contributed by atoms with van der Waals surface area (Å²) in [4.78, 5) is 20.7. The van der Waals surface area contributed by atoms with Crippen molar-refractivity contribution in [1.82, 2.24) is 9.97 Å². The molecule has 0 saturated heterocycles. The number of nitrogens with one attached hydrogen (secondary N) is 1. The van der Waals surface area contributed by atoms with Crippen molar-refractivity contribution in [2.45, 2.75) is 20.3 Å². The van der Waals surface area contributed by atoms with E-state index in [1.807, 2.05) is 26.0 Å². The van der Waals surface area contributed by atoms with E-state index in [0.717, 1.165) is 16.1 Å². The standard InChI is InChI=1S/C12H13N3OS/c1-3-10(16)15-12-14-8(2)11(17-12)9-5-4-6-13-7-9/h4-7H,3H2,1-2H3,(H,14,15,16). The number of amides is 1. The molecule has 0 aliphatic heterocycles. The molecule has 2 heterocycles. The molecule has 2 aromatic heterocycles. The summed E-state index contributed by atoms with van der Waals surface area (Å²) in [5.74, 6) is -0.0171. The maximum Gasteiger partial charge on any atom is 0.225 e. The zero-order chi connectivity index (χ0) is 12.3. The van der Waals surface area contributed by atoms with Gasteiger partial charge in [-0.3, -0.25) is 9.78 Å². The monoisotopic (exact) mass is 247 g/mol. The summed E-state index contributed by atoms with van der Waals surface area (Å²) in [5.41, 5.74) is 1.94. The summed E-state index contributed by atoms with van der Waals surface area (Å²) in [5, 5.41) is 3.42. The molecule has 0 fully saturated rings. The van der Waals surface area contributed by atoms with Gasteiger partial charge in [-0.25, -0.2) is 4.98 Å². The lowest BCUT2D eigenvalue weighted by Crippen LogP contribution is -2.08. The third kappa shape index (κ3) is 2.68. The van der Waals surface area contributed by atoms with Crippen molar-refractivity contribution in [1.29, 1.82) is 0 Å². The Balaban J connectivity index is 2.28. The van der Waals surface area contributed by atoms with E-state index >= 15 is 0 Å². The first-order valence-electron chi connectivity index (χ1n) is 5.38. The second-order valence-electron chi connectivity index (χ2n) is 3.58. The predicted molar refractivity (Wildman–Crippen MR) is 69.0 cm³/mol. The Hall–Kier alpha value is -1.75. The van der Waals surface area contributed by atoms with Gasteiger partial charge in [0.25, 0.3) is 0 Å². The van der Waals surface area contributed by atoms with Gasteiger partial charge < -0.3 is 5.32 Å². The van der Waals surface area contributed by atoms with Crippen molar-refractivity contribution in [2.24, 2.45) is 0 Å². The van der Waals surface area contributed by atoms with Crippen LogP contribution in [0, 0.1) is 6.92 Å². The number of carbonyl (C=O) groups excluding carboxylic acids is 1. The number of carbonyl (C=O) groups is 1. The minimum absolute atomic E-state index is 0.0171. The molecule has 0 saturated carbocycles. The summed E-state index contributed by atoms with van der Waals surface area (Å²) >= 11 is 1.47. The molecule has 0 atom stereocenters. The maximum atomic E-state index is 11.3. The quantitative estimate of drug-likeness (QED) is 0.907. The molecule has 2 rings (SSSR count). The Labute approximate surface area is 104 Å². The number of nitrogens with zero attached hydrogens (tertiary/aromatic N) is 2. The van der Waals surface area contributed by atoms with Crippen LogP contribution in [-0.4, -0.2) is 15.9 Å². The van der Waals surface area contributed by atoms with E-state index in [9.17, 15) is 4.79 Å². The number of hydrogen-bond donors (Lipinski definition) is 1. The molecule has 88 valence electrons. The summed E-state index contributed by atoms with van der Waals surface area (Å²) in [6.07, 6.45) is 3.99. The first-order valence-corrected chi connectivity index (χ1v) is 6.20. The zero-order valence-corrected chi connectivity index (χ0v) is 10.5. The number of anilines is 1. The topological polar surface area (TPSA) is 54.9 Å². The van der Waals surface area contributed by atoms with E-state index in [1.165, 1.54) is 11.3 Å². The second-order valence-corrected chi connectivity index (χ2v) is 4.58. The van der Waals surface area contributed by atoms with Crippen LogP contribution in [0.25, 0.3) is 10.4 Å². The molecule has 4 nitrogen and oxygen atoms in total. The number of aryl methyl sites for hydroxylation is 1. The predicted octanol–water partition coefficient (Wildman–Crippen LogP) is 2.86. The minimum atomic E-state index is -0.0171. The maximum absolute atomic E-state index is 11.3. The average Bonchev–Trinajstić information content (AvgIpc) is 2.71. The second kappa shape index (κ2) is 5.05. The zero-order valence-electron chi connectivity index (χ0n) is 9.73. The van der Waals surface area contributed by atoms with Crippen molar-refractivity contribution in [3.63, 3.8) is 0 Å². The lowest BCUT2D eigenvalue weighted by atomic mass is 10.2. The summed E-state index contributed by atoms with van der Waals surface area (Å²) in [7, 11) is 0. The molecule has 0 aliphatic rings. The highest BCUT2D eigenvalue weighted by molar-refractivity contribution is 7.19. The third-order valence-electron chi connectivity index (χ3n) is 2.29. The molecule has 0 unspecified atom stereocenters. The van der Waals surface area contributed by atoms with Gasteiger partial charge >= 0.3 is 0 Å². The van der Waals surface area contributed by atoms with Crippen LogP contribution in [0.5, 0.6) is 0 Å². The van der Waals surface area contributed by atoms with Crippen LogP contribution in [-0.2, 0) is 4.79 Å². The van der Waals surface area contributed by atoms with E-state index in [-0.39, 0.29) is 5.91 Å². The minimum Gasteiger partial charge on any atom is -0.302 e. The number of hydrogen-bond acceptors (Lipinski definition) is 4. The van der Waals surface area contributed by atoms with Crippen molar-refractivity contribution in [2.75, 3.05) is 5.32 Å². The van der Waals surface area contributed by atoms with Gasteiger partial charge in [-0.05, 0) is 13.0 Å². The largest absolute Gasteiger partial charge is 0.302 e. The van der Waals surface area contributed by atoms with Crippen LogP contribution >= 0.6 is 11.3 Å². The van der Waals surface area contributed by atoms with Crippen molar-refractivity contribution < 1.29 is 4.79 Å². The highest BCUT2D eigenvalue weighted by atomic mass is 32.1. The van der Waals surface area contributed by atoms with Crippen LogP contribution in [0.2, 0.25) is 0 Å². The van der Waals surface area contributed by atoms with E-state index in [4.69, 9.17) is 0 Å². The molecule has 0 spiro atoms. The van der Waals surface area contributed by atoms with Crippen LogP contribution in [0.1, 0.15) is 19.0 Å². The first kappa shape index (κ1) is 11.7. The molecule has 0 bridgehead atoms. The van der Waals surface area contributed by atoms with Gasteiger partial charge in [-0.1, -0.05) is 24.3 Å². The van der Waals surface area contributed by atoms with E-state index in [0.29, 0.717) is 11.6 Å². The average molecular weight is 247 g/mol.